The van der Waals surface area contributed by atoms with Crippen LogP contribution >= 0.6 is 11.3 Å². The molecular formula is C19H17N5O3S. The number of carbonyl (C=O) groups is 1. The maximum absolute atomic E-state index is 13.3. The van der Waals surface area contributed by atoms with E-state index in [0.717, 1.165) is 18.2 Å². The van der Waals surface area contributed by atoms with E-state index >= 15 is 0 Å². The minimum atomic E-state index is -0.0507. The fraction of sp³-hybridized carbons (Fsp3) is 0.263. The van der Waals surface area contributed by atoms with Crippen LogP contribution in [0.3, 0.4) is 0 Å². The lowest BCUT2D eigenvalue weighted by atomic mass is 10.1. The van der Waals surface area contributed by atoms with Crippen LogP contribution in [0.25, 0.3) is 22.6 Å². The van der Waals surface area contributed by atoms with Crippen molar-refractivity contribution < 1.29 is 13.7 Å². The summed E-state index contributed by atoms with van der Waals surface area (Å²) in [5.41, 5.74) is 2.09. The highest BCUT2D eigenvalue weighted by molar-refractivity contribution is 7.13. The molecule has 142 valence electrons. The SMILES string of the molecule is Cc1noc2nc(-c3ccco3)cc(C(=O)N3CCN(c4nccs4)CC3)c12. The Morgan fingerprint density at radius 1 is 1.25 bits per heavy atom. The summed E-state index contributed by atoms with van der Waals surface area (Å²) in [7, 11) is 0. The van der Waals surface area contributed by atoms with E-state index in [0.29, 0.717) is 46.9 Å². The molecule has 5 rings (SSSR count). The number of hydrogen-bond donors (Lipinski definition) is 0. The van der Waals surface area contributed by atoms with Gasteiger partial charge in [0.15, 0.2) is 10.9 Å². The van der Waals surface area contributed by atoms with Crippen molar-refractivity contribution in [1.82, 2.24) is 20.0 Å². The van der Waals surface area contributed by atoms with Gasteiger partial charge >= 0.3 is 0 Å². The Hall–Kier alpha value is -3.20. The highest BCUT2D eigenvalue weighted by atomic mass is 32.1. The molecule has 1 aliphatic rings. The first kappa shape index (κ1) is 16.9. The first-order valence-electron chi connectivity index (χ1n) is 8.95. The Kier molecular flexibility index (Phi) is 4.09. The number of furan rings is 1. The molecule has 0 radical (unpaired) electrons. The van der Waals surface area contributed by atoms with Crippen molar-refractivity contribution in [2.75, 3.05) is 31.1 Å². The molecule has 9 heteroatoms. The number of anilines is 1. The Morgan fingerprint density at radius 3 is 2.82 bits per heavy atom. The molecule has 0 aliphatic carbocycles. The third-order valence-electron chi connectivity index (χ3n) is 4.88. The summed E-state index contributed by atoms with van der Waals surface area (Å²) in [5.74, 6) is 0.531. The van der Waals surface area contributed by atoms with Gasteiger partial charge in [-0.15, -0.1) is 11.3 Å². The molecule has 0 unspecified atom stereocenters. The average molecular weight is 395 g/mol. The van der Waals surface area contributed by atoms with Crippen molar-refractivity contribution in [3.63, 3.8) is 0 Å². The summed E-state index contributed by atoms with van der Waals surface area (Å²) in [5, 5.41) is 7.61. The number of amides is 1. The fourth-order valence-electron chi connectivity index (χ4n) is 3.46. The van der Waals surface area contributed by atoms with Crippen LogP contribution in [0.5, 0.6) is 0 Å². The molecular weight excluding hydrogens is 378 g/mol. The van der Waals surface area contributed by atoms with Crippen molar-refractivity contribution in [3.8, 4) is 11.5 Å². The van der Waals surface area contributed by atoms with Crippen LogP contribution in [0.2, 0.25) is 0 Å². The smallest absolute Gasteiger partial charge is 0.259 e. The quantitative estimate of drug-likeness (QED) is 0.526. The van der Waals surface area contributed by atoms with Gasteiger partial charge in [-0.1, -0.05) is 5.16 Å². The van der Waals surface area contributed by atoms with Gasteiger partial charge in [0.25, 0.3) is 11.6 Å². The van der Waals surface area contributed by atoms with Gasteiger partial charge in [0.05, 0.1) is 22.9 Å². The van der Waals surface area contributed by atoms with E-state index < -0.39 is 0 Å². The molecule has 1 fully saturated rings. The van der Waals surface area contributed by atoms with Crippen LogP contribution in [0.4, 0.5) is 5.13 Å². The van der Waals surface area contributed by atoms with Crippen molar-refractivity contribution in [1.29, 1.82) is 0 Å². The maximum atomic E-state index is 13.3. The van der Waals surface area contributed by atoms with Gasteiger partial charge in [-0.25, -0.2) is 9.97 Å². The zero-order chi connectivity index (χ0) is 19.1. The van der Waals surface area contributed by atoms with E-state index in [-0.39, 0.29) is 5.91 Å². The summed E-state index contributed by atoms with van der Waals surface area (Å²) < 4.78 is 10.8. The molecule has 1 aliphatic heterocycles. The molecule has 4 aromatic rings. The first-order chi connectivity index (χ1) is 13.7. The second-order valence-corrected chi connectivity index (χ2v) is 7.45. The number of aromatic nitrogens is 3. The Morgan fingerprint density at radius 2 is 2.11 bits per heavy atom. The lowest BCUT2D eigenvalue weighted by Gasteiger charge is -2.34. The summed E-state index contributed by atoms with van der Waals surface area (Å²) in [6, 6.07) is 5.35. The highest BCUT2D eigenvalue weighted by Gasteiger charge is 2.27. The first-order valence-corrected chi connectivity index (χ1v) is 9.83. The average Bonchev–Trinajstić information content (AvgIpc) is 3.49. The largest absolute Gasteiger partial charge is 0.463 e. The van der Waals surface area contributed by atoms with Gasteiger partial charge in [0, 0.05) is 37.8 Å². The third-order valence-corrected chi connectivity index (χ3v) is 5.71. The van der Waals surface area contributed by atoms with E-state index in [2.05, 4.69) is 20.0 Å². The van der Waals surface area contributed by atoms with Crippen LogP contribution in [0.15, 0.2) is 45.0 Å². The molecule has 0 N–H and O–H groups in total. The molecule has 8 nitrogen and oxygen atoms in total. The number of piperazine rings is 1. The summed E-state index contributed by atoms with van der Waals surface area (Å²) in [4.78, 5) is 26.2. The van der Waals surface area contributed by atoms with Gasteiger partial charge in [-0.3, -0.25) is 4.79 Å². The molecule has 5 heterocycles. The summed E-state index contributed by atoms with van der Waals surface area (Å²) in [6.45, 7) is 4.57. The monoisotopic (exact) mass is 395 g/mol. The van der Waals surface area contributed by atoms with Crippen molar-refractivity contribution >= 4 is 33.5 Å². The van der Waals surface area contributed by atoms with E-state index in [1.54, 1.807) is 42.0 Å². The molecule has 28 heavy (non-hydrogen) atoms. The van der Waals surface area contributed by atoms with Crippen LogP contribution < -0.4 is 4.90 Å². The van der Waals surface area contributed by atoms with Gasteiger partial charge in [0.2, 0.25) is 0 Å². The maximum Gasteiger partial charge on any atom is 0.259 e. The number of hydrogen-bond acceptors (Lipinski definition) is 8. The van der Waals surface area contributed by atoms with Gasteiger partial charge in [0.1, 0.15) is 5.69 Å². The number of pyridine rings is 1. The van der Waals surface area contributed by atoms with Crippen molar-refractivity contribution in [2.45, 2.75) is 6.92 Å². The van der Waals surface area contributed by atoms with Gasteiger partial charge in [-0.2, -0.15) is 0 Å². The molecule has 1 amide bonds. The van der Waals surface area contributed by atoms with Crippen molar-refractivity contribution in [3.05, 3.63) is 47.3 Å². The molecule has 0 aromatic carbocycles. The van der Waals surface area contributed by atoms with E-state index in [1.165, 1.54) is 0 Å². The van der Waals surface area contributed by atoms with Crippen LogP contribution in [-0.2, 0) is 0 Å². The zero-order valence-electron chi connectivity index (χ0n) is 15.2. The Bertz CT molecular complexity index is 1110. The molecule has 0 saturated carbocycles. The second-order valence-electron chi connectivity index (χ2n) is 6.57. The van der Waals surface area contributed by atoms with E-state index in [9.17, 15) is 4.79 Å². The fourth-order valence-corrected chi connectivity index (χ4v) is 4.15. The number of rotatable bonds is 3. The van der Waals surface area contributed by atoms with Crippen LogP contribution in [-0.4, -0.2) is 52.1 Å². The van der Waals surface area contributed by atoms with Crippen molar-refractivity contribution in [2.24, 2.45) is 0 Å². The van der Waals surface area contributed by atoms with Crippen LogP contribution in [0, 0.1) is 6.92 Å². The Labute approximate surface area is 164 Å². The highest BCUT2D eigenvalue weighted by Crippen LogP contribution is 2.29. The molecule has 1 saturated heterocycles. The summed E-state index contributed by atoms with van der Waals surface area (Å²) >= 11 is 1.61. The lowest BCUT2D eigenvalue weighted by molar-refractivity contribution is 0.0748. The van der Waals surface area contributed by atoms with Crippen LogP contribution in [0.1, 0.15) is 16.1 Å². The second kappa shape index (κ2) is 6.75. The summed E-state index contributed by atoms with van der Waals surface area (Å²) in [6.07, 6.45) is 3.38. The molecule has 4 aromatic heterocycles. The molecule has 0 bridgehead atoms. The normalized spacial score (nSPS) is 14.8. The standard InChI is InChI=1S/C19H17N5O3S/c1-12-16-13(11-14(15-3-2-9-26-15)21-17(16)27-22-12)18(25)23-5-7-24(8-6-23)19-20-4-10-28-19/h2-4,9-11H,5-8H2,1H3. The van der Waals surface area contributed by atoms with E-state index in [1.807, 2.05) is 17.2 Å². The minimum absolute atomic E-state index is 0.0507. The number of carbonyl (C=O) groups excluding carboxylic acids is 1. The van der Waals surface area contributed by atoms with Gasteiger partial charge < -0.3 is 18.7 Å². The Balaban J connectivity index is 1.47. The van der Waals surface area contributed by atoms with Gasteiger partial charge in [-0.05, 0) is 25.1 Å². The number of aryl methyl sites for hydroxylation is 1. The molecule has 0 atom stereocenters. The molecule has 0 spiro atoms. The number of fused-ring (bicyclic) bond motifs is 1. The topological polar surface area (TPSA) is 88.5 Å². The predicted octanol–water partition coefficient (Wildman–Crippen LogP) is 3.21. The number of thiazole rings is 1. The zero-order valence-corrected chi connectivity index (χ0v) is 16.0. The number of nitrogens with zero attached hydrogens (tertiary/aromatic N) is 5. The van der Waals surface area contributed by atoms with E-state index in [4.69, 9.17) is 8.94 Å². The predicted molar refractivity (Wildman–Crippen MR) is 104 cm³/mol. The minimum Gasteiger partial charge on any atom is -0.463 e. The lowest BCUT2D eigenvalue weighted by Crippen LogP contribution is -2.48. The third kappa shape index (κ3) is 2.84.